The van der Waals surface area contributed by atoms with Crippen LogP contribution in [0.3, 0.4) is 0 Å². The lowest BCUT2D eigenvalue weighted by molar-refractivity contribution is -0.130. The Hall–Kier alpha value is -3.52. The van der Waals surface area contributed by atoms with Crippen LogP contribution in [0.1, 0.15) is 27.0 Å². The van der Waals surface area contributed by atoms with E-state index in [0.29, 0.717) is 17.1 Å². The van der Waals surface area contributed by atoms with Crippen LogP contribution in [0.4, 0.5) is 0 Å². The highest BCUT2D eigenvalue weighted by Crippen LogP contribution is 2.42. The number of nitrogens with zero attached hydrogens (tertiary/aromatic N) is 1. The second kappa shape index (κ2) is 8.08. The van der Waals surface area contributed by atoms with Crippen molar-refractivity contribution in [2.45, 2.75) is 12.6 Å². The van der Waals surface area contributed by atoms with Gasteiger partial charge in [-0.2, -0.15) is 0 Å². The lowest BCUT2D eigenvalue weighted by Gasteiger charge is -2.26. The third-order valence-corrected chi connectivity index (χ3v) is 5.78. The van der Waals surface area contributed by atoms with Crippen LogP contribution in [0.15, 0.2) is 69.9 Å². The zero-order chi connectivity index (χ0) is 21.3. The van der Waals surface area contributed by atoms with E-state index in [1.165, 1.54) is 42.8 Å². The summed E-state index contributed by atoms with van der Waals surface area (Å²) >= 11 is 1.49. The molecule has 0 saturated heterocycles. The summed E-state index contributed by atoms with van der Waals surface area (Å²) in [6.45, 7) is 0.245. The number of rotatable bonds is 7. The van der Waals surface area contributed by atoms with E-state index in [0.717, 1.165) is 4.88 Å². The summed E-state index contributed by atoms with van der Waals surface area (Å²) in [4.78, 5) is 28.5. The van der Waals surface area contributed by atoms with Gasteiger partial charge in [0, 0.05) is 4.88 Å². The number of aliphatic hydroxyl groups excluding tert-OH is 1. The van der Waals surface area contributed by atoms with E-state index in [4.69, 9.17) is 13.9 Å². The van der Waals surface area contributed by atoms with Gasteiger partial charge in [0.2, 0.25) is 5.78 Å². The molecule has 0 spiro atoms. The normalized spacial score (nSPS) is 16.3. The molecule has 8 heteroatoms. The molecule has 4 rings (SSSR count). The minimum atomic E-state index is -0.808. The van der Waals surface area contributed by atoms with E-state index >= 15 is 0 Å². The Bertz CT molecular complexity index is 1100. The fraction of sp³-hybridized carbons (Fsp3) is 0.182. The largest absolute Gasteiger partial charge is 0.503 e. The molecule has 3 aromatic rings. The number of ether oxygens (including phenoxy) is 2. The van der Waals surface area contributed by atoms with Gasteiger partial charge in [-0.15, -0.1) is 11.3 Å². The van der Waals surface area contributed by atoms with E-state index in [-0.39, 0.29) is 17.9 Å². The van der Waals surface area contributed by atoms with Crippen LogP contribution >= 0.6 is 11.3 Å². The summed E-state index contributed by atoms with van der Waals surface area (Å²) in [5, 5.41) is 12.6. The van der Waals surface area contributed by atoms with Crippen molar-refractivity contribution in [2.75, 3.05) is 14.2 Å². The first-order chi connectivity index (χ1) is 14.5. The Morgan fingerprint density at radius 2 is 1.97 bits per heavy atom. The number of carbonyl (C=O) groups excluding carboxylic acids is 2. The molecular weight excluding hydrogens is 406 g/mol. The number of carbonyl (C=O) groups is 2. The lowest BCUT2D eigenvalue weighted by atomic mass is 9.94. The molecule has 7 nitrogen and oxygen atoms in total. The van der Waals surface area contributed by atoms with E-state index in [9.17, 15) is 14.7 Å². The highest BCUT2D eigenvalue weighted by Gasteiger charge is 2.44. The van der Waals surface area contributed by atoms with Crippen molar-refractivity contribution in [2.24, 2.45) is 0 Å². The van der Waals surface area contributed by atoms with Crippen LogP contribution in [0.25, 0.3) is 0 Å². The number of Topliss-reactive ketones (excluding diaryl/α,β-unsaturated/α-hetero) is 1. The number of benzene rings is 1. The smallest absolute Gasteiger partial charge is 0.290 e. The molecule has 3 heterocycles. The fourth-order valence-corrected chi connectivity index (χ4v) is 4.23. The molecule has 0 radical (unpaired) electrons. The summed E-state index contributed by atoms with van der Waals surface area (Å²) in [6.07, 6.45) is 1.37. The molecule has 154 valence electrons. The molecule has 1 unspecified atom stereocenters. The number of thiophene rings is 1. The molecule has 1 atom stereocenters. The Morgan fingerprint density at radius 3 is 2.60 bits per heavy atom. The topological polar surface area (TPSA) is 89.2 Å². The molecule has 1 aromatic carbocycles. The summed E-state index contributed by atoms with van der Waals surface area (Å²) < 4.78 is 15.9. The molecule has 1 N–H and O–H groups in total. The first kappa shape index (κ1) is 19.8. The maximum atomic E-state index is 13.1. The van der Waals surface area contributed by atoms with E-state index in [2.05, 4.69) is 0 Å². The predicted molar refractivity (Wildman–Crippen MR) is 110 cm³/mol. The quantitative estimate of drug-likeness (QED) is 0.573. The molecule has 1 amide bonds. The van der Waals surface area contributed by atoms with Crippen LogP contribution in [-0.4, -0.2) is 35.9 Å². The Labute approximate surface area is 176 Å². The number of ketones is 1. The zero-order valence-corrected chi connectivity index (χ0v) is 17.1. The molecule has 0 aliphatic carbocycles. The van der Waals surface area contributed by atoms with Gasteiger partial charge in [-0.25, -0.2) is 0 Å². The monoisotopic (exact) mass is 425 g/mol. The summed E-state index contributed by atoms with van der Waals surface area (Å²) in [6, 6.07) is 11.2. The highest BCUT2D eigenvalue weighted by atomic mass is 32.1. The SMILES string of the molecule is COc1ccc(C2C(C(=O)c3ccco3)=C(O)C(=O)N2Cc2cccs2)cc1OC. The Balaban J connectivity index is 1.83. The number of hydrogen-bond acceptors (Lipinski definition) is 7. The standard InChI is InChI=1S/C22H19NO6S/c1-27-15-8-7-13(11-17(15)28-2)19-18(20(24)16-6-3-9-29-16)21(25)22(26)23(19)12-14-5-4-10-30-14/h3-11,19,25H,12H2,1-2H3. The summed E-state index contributed by atoms with van der Waals surface area (Å²) in [5.74, 6) is -0.713. The molecule has 0 fully saturated rings. The first-order valence-corrected chi connectivity index (χ1v) is 9.99. The van der Waals surface area contributed by atoms with Crippen molar-refractivity contribution in [3.05, 3.63) is 81.6 Å². The maximum Gasteiger partial charge on any atom is 0.290 e. The van der Waals surface area contributed by atoms with Gasteiger partial charge < -0.3 is 23.9 Å². The maximum absolute atomic E-state index is 13.1. The minimum Gasteiger partial charge on any atom is -0.503 e. The van der Waals surface area contributed by atoms with Crippen LogP contribution in [0.5, 0.6) is 11.5 Å². The lowest BCUT2D eigenvalue weighted by Crippen LogP contribution is -2.30. The first-order valence-electron chi connectivity index (χ1n) is 9.11. The third-order valence-electron chi connectivity index (χ3n) is 4.92. The van der Waals surface area contributed by atoms with Gasteiger partial charge in [0.15, 0.2) is 23.0 Å². The van der Waals surface area contributed by atoms with Gasteiger partial charge in [-0.05, 0) is 41.3 Å². The molecular formula is C22H19NO6S. The second-order valence-electron chi connectivity index (χ2n) is 6.60. The zero-order valence-electron chi connectivity index (χ0n) is 16.3. The van der Waals surface area contributed by atoms with Crippen LogP contribution < -0.4 is 9.47 Å². The van der Waals surface area contributed by atoms with Crippen molar-refractivity contribution in [3.63, 3.8) is 0 Å². The molecule has 0 saturated carbocycles. The van der Waals surface area contributed by atoms with Gasteiger partial charge in [-0.3, -0.25) is 9.59 Å². The van der Waals surface area contributed by atoms with Gasteiger partial charge in [0.05, 0.1) is 38.6 Å². The van der Waals surface area contributed by atoms with Crippen molar-refractivity contribution in [1.82, 2.24) is 4.90 Å². The third kappa shape index (κ3) is 3.35. The highest BCUT2D eigenvalue weighted by molar-refractivity contribution is 7.09. The second-order valence-corrected chi connectivity index (χ2v) is 7.63. The van der Waals surface area contributed by atoms with E-state index in [1.54, 1.807) is 24.3 Å². The molecule has 1 aliphatic heterocycles. The van der Waals surface area contributed by atoms with Gasteiger partial charge in [-0.1, -0.05) is 12.1 Å². The van der Waals surface area contributed by atoms with Crippen LogP contribution in [0.2, 0.25) is 0 Å². The predicted octanol–water partition coefficient (Wildman–Crippen LogP) is 4.14. The van der Waals surface area contributed by atoms with Crippen molar-refractivity contribution in [1.29, 1.82) is 0 Å². The molecule has 30 heavy (non-hydrogen) atoms. The van der Waals surface area contributed by atoms with Crippen molar-refractivity contribution in [3.8, 4) is 11.5 Å². The van der Waals surface area contributed by atoms with Gasteiger partial charge in [0.1, 0.15) is 0 Å². The average molecular weight is 425 g/mol. The molecule has 2 aromatic heterocycles. The number of furan rings is 1. The van der Waals surface area contributed by atoms with Crippen LogP contribution in [0, 0.1) is 0 Å². The molecule has 0 bridgehead atoms. The van der Waals surface area contributed by atoms with Crippen molar-refractivity contribution >= 4 is 23.0 Å². The van der Waals surface area contributed by atoms with Crippen molar-refractivity contribution < 1.29 is 28.6 Å². The Morgan fingerprint density at radius 1 is 1.17 bits per heavy atom. The van der Waals surface area contributed by atoms with Crippen LogP contribution in [-0.2, 0) is 11.3 Å². The average Bonchev–Trinajstić information content (AvgIpc) is 3.52. The number of hydrogen-bond donors (Lipinski definition) is 1. The van der Waals surface area contributed by atoms with Gasteiger partial charge >= 0.3 is 0 Å². The number of methoxy groups -OCH3 is 2. The van der Waals surface area contributed by atoms with Gasteiger partial charge in [0.25, 0.3) is 5.91 Å². The number of amides is 1. The summed E-state index contributed by atoms with van der Waals surface area (Å²) in [5.41, 5.74) is 0.579. The number of aliphatic hydroxyl groups is 1. The molecule has 1 aliphatic rings. The van der Waals surface area contributed by atoms with E-state index in [1.807, 2.05) is 17.5 Å². The fourth-order valence-electron chi connectivity index (χ4n) is 3.53. The Kier molecular flexibility index (Phi) is 5.33. The summed E-state index contributed by atoms with van der Waals surface area (Å²) in [7, 11) is 3.03. The van der Waals surface area contributed by atoms with E-state index < -0.39 is 23.5 Å². The minimum absolute atomic E-state index is 0.0290.